The Bertz CT molecular complexity index is 628. The summed E-state index contributed by atoms with van der Waals surface area (Å²) in [6.45, 7) is 5.59. The number of pyridine rings is 1. The van der Waals surface area contributed by atoms with E-state index >= 15 is 0 Å². The number of nitrogens with one attached hydrogen (secondary N) is 1. The molecule has 0 spiro atoms. The number of nitrogens with zero attached hydrogens (tertiary/aromatic N) is 2. The first-order chi connectivity index (χ1) is 10.1. The van der Waals surface area contributed by atoms with Gasteiger partial charge in [0.15, 0.2) is 0 Å². The van der Waals surface area contributed by atoms with E-state index in [0.29, 0.717) is 12.0 Å². The van der Waals surface area contributed by atoms with Gasteiger partial charge in [-0.1, -0.05) is 35.0 Å². The third-order valence-corrected chi connectivity index (χ3v) is 5.15. The van der Waals surface area contributed by atoms with Crippen molar-refractivity contribution < 1.29 is 0 Å². The summed E-state index contributed by atoms with van der Waals surface area (Å²) in [6, 6.07) is 9.01. The summed E-state index contributed by atoms with van der Waals surface area (Å²) in [7, 11) is 2.21. The second-order valence-electron chi connectivity index (χ2n) is 6.12. The molecule has 1 aliphatic rings. The largest absolute Gasteiger partial charge is 0.309 e. The van der Waals surface area contributed by atoms with Gasteiger partial charge in [-0.2, -0.15) is 0 Å². The molecule has 0 aliphatic carbocycles. The zero-order valence-electron chi connectivity index (χ0n) is 12.6. The monoisotopic (exact) mass is 347 g/mol. The van der Waals surface area contributed by atoms with E-state index in [-0.39, 0.29) is 0 Å². The molecule has 2 heterocycles. The second-order valence-corrected chi connectivity index (χ2v) is 6.98. The molecule has 2 aromatic rings. The van der Waals surface area contributed by atoms with Crippen molar-refractivity contribution in [2.75, 3.05) is 20.1 Å². The van der Waals surface area contributed by atoms with E-state index in [0.717, 1.165) is 16.5 Å². The molecule has 1 aliphatic heterocycles. The SMILES string of the molecule is CC1CN(C)CCC1NCc1ccc(Br)c2cccnc12. The van der Waals surface area contributed by atoms with E-state index in [1.54, 1.807) is 0 Å². The van der Waals surface area contributed by atoms with Crippen LogP contribution in [0.25, 0.3) is 10.9 Å². The van der Waals surface area contributed by atoms with Crippen LogP contribution in [0.15, 0.2) is 34.9 Å². The topological polar surface area (TPSA) is 28.2 Å². The Hall–Kier alpha value is -0.970. The molecule has 0 radical (unpaired) electrons. The molecule has 2 atom stereocenters. The van der Waals surface area contributed by atoms with Gasteiger partial charge in [0.25, 0.3) is 0 Å². The number of likely N-dealkylation sites (tertiary alicyclic amines) is 1. The first kappa shape index (κ1) is 14.9. The molecular formula is C17H22BrN3. The van der Waals surface area contributed by atoms with E-state index in [9.17, 15) is 0 Å². The third-order valence-electron chi connectivity index (χ3n) is 4.46. The highest BCUT2D eigenvalue weighted by Gasteiger charge is 2.23. The number of rotatable bonds is 3. The molecule has 0 amide bonds. The zero-order chi connectivity index (χ0) is 14.8. The van der Waals surface area contributed by atoms with Crippen molar-refractivity contribution in [1.82, 2.24) is 15.2 Å². The molecule has 3 rings (SSSR count). The molecule has 0 saturated carbocycles. The minimum absolute atomic E-state index is 0.601. The van der Waals surface area contributed by atoms with Gasteiger partial charge >= 0.3 is 0 Å². The Labute approximate surface area is 134 Å². The standard InChI is InChI=1S/C17H22BrN3/c1-12-11-21(2)9-7-16(12)20-10-13-5-6-15(18)14-4-3-8-19-17(13)14/h3-6,8,12,16,20H,7,9-11H2,1-2H3. The number of hydrogen-bond donors (Lipinski definition) is 1. The lowest BCUT2D eigenvalue weighted by Gasteiger charge is -2.35. The molecule has 0 bridgehead atoms. The van der Waals surface area contributed by atoms with Crippen LogP contribution in [-0.4, -0.2) is 36.1 Å². The summed E-state index contributed by atoms with van der Waals surface area (Å²) in [5, 5.41) is 4.93. The van der Waals surface area contributed by atoms with Gasteiger partial charge in [-0.05, 0) is 43.6 Å². The Morgan fingerprint density at radius 1 is 1.38 bits per heavy atom. The number of aromatic nitrogens is 1. The van der Waals surface area contributed by atoms with Crippen molar-refractivity contribution in [3.8, 4) is 0 Å². The Balaban J connectivity index is 1.75. The van der Waals surface area contributed by atoms with Crippen molar-refractivity contribution >= 4 is 26.8 Å². The first-order valence-corrected chi connectivity index (χ1v) is 8.38. The lowest BCUT2D eigenvalue weighted by Crippen LogP contribution is -2.46. The van der Waals surface area contributed by atoms with E-state index in [4.69, 9.17) is 0 Å². The van der Waals surface area contributed by atoms with E-state index < -0.39 is 0 Å². The van der Waals surface area contributed by atoms with Gasteiger partial charge < -0.3 is 10.2 Å². The Morgan fingerprint density at radius 3 is 3.05 bits per heavy atom. The van der Waals surface area contributed by atoms with Crippen LogP contribution in [0.1, 0.15) is 18.9 Å². The third kappa shape index (κ3) is 3.28. The number of benzene rings is 1. The summed E-state index contributed by atoms with van der Waals surface area (Å²) in [5.41, 5.74) is 2.37. The molecule has 112 valence electrons. The Kier molecular flexibility index (Phi) is 4.57. The molecule has 2 unspecified atom stereocenters. The maximum atomic E-state index is 4.56. The average Bonchev–Trinajstić information content (AvgIpc) is 2.48. The Morgan fingerprint density at radius 2 is 2.24 bits per heavy atom. The van der Waals surface area contributed by atoms with E-state index in [1.165, 1.54) is 30.5 Å². The summed E-state index contributed by atoms with van der Waals surface area (Å²) >= 11 is 3.61. The molecule has 1 N–H and O–H groups in total. The molecule has 1 fully saturated rings. The highest BCUT2D eigenvalue weighted by Crippen LogP contribution is 2.25. The molecule has 3 nitrogen and oxygen atoms in total. The van der Waals surface area contributed by atoms with E-state index in [2.05, 4.69) is 63.3 Å². The zero-order valence-corrected chi connectivity index (χ0v) is 14.2. The molecule has 1 saturated heterocycles. The van der Waals surface area contributed by atoms with Crippen LogP contribution in [0.5, 0.6) is 0 Å². The maximum absolute atomic E-state index is 4.56. The van der Waals surface area contributed by atoms with Gasteiger partial charge in [0.2, 0.25) is 0 Å². The lowest BCUT2D eigenvalue weighted by atomic mass is 9.94. The van der Waals surface area contributed by atoms with Gasteiger partial charge in [-0.3, -0.25) is 4.98 Å². The number of halogens is 1. The van der Waals surface area contributed by atoms with Gasteiger partial charge in [0, 0.05) is 35.2 Å². The molecule has 4 heteroatoms. The van der Waals surface area contributed by atoms with Crippen molar-refractivity contribution in [2.24, 2.45) is 5.92 Å². The van der Waals surface area contributed by atoms with Crippen LogP contribution < -0.4 is 5.32 Å². The number of hydrogen-bond acceptors (Lipinski definition) is 3. The maximum Gasteiger partial charge on any atom is 0.0758 e. The van der Waals surface area contributed by atoms with Crippen LogP contribution in [0.3, 0.4) is 0 Å². The van der Waals surface area contributed by atoms with Gasteiger partial charge in [-0.25, -0.2) is 0 Å². The summed E-state index contributed by atoms with van der Waals surface area (Å²) < 4.78 is 1.11. The molecular weight excluding hydrogens is 326 g/mol. The predicted octanol–water partition coefficient (Wildman–Crippen LogP) is 3.43. The molecule has 1 aromatic heterocycles. The quantitative estimate of drug-likeness (QED) is 0.921. The van der Waals surface area contributed by atoms with Crippen molar-refractivity contribution in [2.45, 2.75) is 25.9 Å². The smallest absolute Gasteiger partial charge is 0.0758 e. The second kappa shape index (κ2) is 6.42. The van der Waals surface area contributed by atoms with Crippen molar-refractivity contribution in [3.63, 3.8) is 0 Å². The first-order valence-electron chi connectivity index (χ1n) is 7.59. The number of piperidine rings is 1. The normalized spacial score (nSPS) is 23.6. The highest BCUT2D eigenvalue weighted by molar-refractivity contribution is 9.10. The van der Waals surface area contributed by atoms with Gasteiger partial charge in [0.05, 0.1) is 5.52 Å². The van der Waals surface area contributed by atoms with Crippen molar-refractivity contribution in [1.29, 1.82) is 0 Å². The highest BCUT2D eigenvalue weighted by atomic mass is 79.9. The summed E-state index contributed by atoms with van der Waals surface area (Å²) in [5.74, 6) is 0.693. The fourth-order valence-electron chi connectivity index (χ4n) is 3.24. The minimum atomic E-state index is 0.601. The fourth-order valence-corrected chi connectivity index (χ4v) is 3.69. The summed E-state index contributed by atoms with van der Waals surface area (Å²) in [6.07, 6.45) is 3.09. The molecule has 1 aromatic carbocycles. The van der Waals surface area contributed by atoms with Gasteiger partial charge in [-0.15, -0.1) is 0 Å². The summed E-state index contributed by atoms with van der Waals surface area (Å²) in [4.78, 5) is 6.97. The van der Waals surface area contributed by atoms with Gasteiger partial charge in [0.1, 0.15) is 0 Å². The van der Waals surface area contributed by atoms with Crippen LogP contribution in [0.2, 0.25) is 0 Å². The van der Waals surface area contributed by atoms with Crippen molar-refractivity contribution in [3.05, 3.63) is 40.5 Å². The lowest BCUT2D eigenvalue weighted by molar-refractivity contribution is 0.174. The average molecular weight is 348 g/mol. The van der Waals surface area contributed by atoms with Crippen LogP contribution >= 0.6 is 15.9 Å². The van der Waals surface area contributed by atoms with Crippen LogP contribution in [-0.2, 0) is 6.54 Å². The minimum Gasteiger partial charge on any atom is -0.309 e. The number of fused-ring (bicyclic) bond motifs is 1. The molecule has 21 heavy (non-hydrogen) atoms. The van der Waals surface area contributed by atoms with Crippen LogP contribution in [0.4, 0.5) is 0 Å². The predicted molar refractivity (Wildman–Crippen MR) is 91.3 cm³/mol. The van der Waals surface area contributed by atoms with E-state index in [1.807, 2.05) is 12.3 Å². The van der Waals surface area contributed by atoms with Crippen LogP contribution in [0, 0.1) is 5.92 Å². The fraction of sp³-hybridized carbons (Fsp3) is 0.471.